The van der Waals surface area contributed by atoms with Crippen LogP contribution in [0, 0.1) is 0 Å². The van der Waals surface area contributed by atoms with Crippen LogP contribution in [0.15, 0.2) is 35.7 Å². The number of benzene rings is 1. The molecule has 0 fully saturated rings. The minimum atomic E-state index is -0.00934. The third kappa shape index (κ3) is 2.46. The average molecular weight is 232 g/mol. The molecule has 1 amide bonds. The largest absolute Gasteiger partial charge is 0.359 e. The molecule has 4 heteroatoms. The molecule has 2 rings (SSSR count). The van der Waals surface area contributed by atoms with Crippen LogP contribution >= 0.6 is 11.3 Å². The van der Waals surface area contributed by atoms with Gasteiger partial charge in [0.05, 0.1) is 12.1 Å². The Morgan fingerprint density at radius 3 is 2.81 bits per heavy atom. The molecule has 0 radical (unpaired) electrons. The summed E-state index contributed by atoms with van der Waals surface area (Å²) in [5.74, 6) is -0.00934. The molecule has 3 nitrogen and oxygen atoms in total. The van der Waals surface area contributed by atoms with Gasteiger partial charge in [-0.2, -0.15) is 0 Å². The average Bonchev–Trinajstić information content (AvgIpc) is 2.78. The first kappa shape index (κ1) is 10.8. The summed E-state index contributed by atoms with van der Waals surface area (Å²) in [4.78, 5) is 15.6. The summed E-state index contributed by atoms with van der Waals surface area (Å²) in [7, 11) is 1.63. The standard InChI is InChI=1S/C12H12N2OS/c1-13-11(15)7-10-8-16-12(14-10)9-5-3-2-4-6-9/h2-6,8H,7H2,1H3,(H,13,15). The van der Waals surface area contributed by atoms with Gasteiger partial charge in [0.2, 0.25) is 5.91 Å². The van der Waals surface area contributed by atoms with Crippen LogP contribution in [0.5, 0.6) is 0 Å². The second-order valence-corrected chi connectivity index (χ2v) is 4.22. The maximum absolute atomic E-state index is 11.2. The molecule has 0 bridgehead atoms. The van der Waals surface area contributed by atoms with E-state index >= 15 is 0 Å². The number of aromatic nitrogens is 1. The number of hydrogen-bond acceptors (Lipinski definition) is 3. The monoisotopic (exact) mass is 232 g/mol. The molecule has 0 aliphatic heterocycles. The van der Waals surface area contributed by atoms with Gasteiger partial charge in [0, 0.05) is 18.0 Å². The predicted molar refractivity (Wildman–Crippen MR) is 65.3 cm³/mol. The fraction of sp³-hybridized carbons (Fsp3) is 0.167. The highest BCUT2D eigenvalue weighted by Gasteiger charge is 2.07. The quantitative estimate of drug-likeness (QED) is 0.880. The van der Waals surface area contributed by atoms with E-state index in [1.54, 1.807) is 18.4 Å². The summed E-state index contributed by atoms with van der Waals surface area (Å²) in [6.07, 6.45) is 0.347. The zero-order chi connectivity index (χ0) is 11.4. The van der Waals surface area contributed by atoms with Crippen LogP contribution in [0.1, 0.15) is 5.69 Å². The van der Waals surface area contributed by atoms with Gasteiger partial charge in [-0.25, -0.2) is 4.98 Å². The number of nitrogens with zero attached hydrogens (tertiary/aromatic N) is 1. The van der Waals surface area contributed by atoms with E-state index in [1.807, 2.05) is 35.7 Å². The summed E-state index contributed by atoms with van der Waals surface area (Å²) in [5, 5.41) is 5.47. The van der Waals surface area contributed by atoms with Gasteiger partial charge in [0.1, 0.15) is 5.01 Å². The summed E-state index contributed by atoms with van der Waals surface area (Å²) in [5.41, 5.74) is 1.92. The first-order valence-corrected chi connectivity index (χ1v) is 5.88. The summed E-state index contributed by atoms with van der Waals surface area (Å²) < 4.78 is 0. The van der Waals surface area contributed by atoms with Crippen molar-refractivity contribution in [3.05, 3.63) is 41.4 Å². The van der Waals surface area contributed by atoms with Gasteiger partial charge < -0.3 is 5.32 Å². The number of carbonyl (C=O) groups is 1. The summed E-state index contributed by atoms with van der Waals surface area (Å²) in [6, 6.07) is 9.97. The lowest BCUT2D eigenvalue weighted by atomic mass is 10.2. The highest BCUT2D eigenvalue weighted by atomic mass is 32.1. The zero-order valence-corrected chi connectivity index (χ0v) is 9.75. The van der Waals surface area contributed by atoms with Crippen molar-refractivity contribution < 1.29 is 4.79 Å². The number of thiazole rings is 1. The third-order valence-corrected chi connectivity index (χ3v) is 3.13. The van der Waals surface area contributed by atoms with E-state index in [4.69, 9.17) is 0 Å². The fourth-order valence-corrected chi connectivity index (χ4v) is 2.18. The molecule has 1 heterocycles. The van der Waals surface area contributed by atoms with Crippen molar-refractivity contribution in [3.8, 4) is 10.6 Å². The molecule has 16 heavy (non-hydrogen) atoms. The lowest BCUT2D eigenvalue weighted by Gasteiger charge is -1.95. The molecule has 0 saturated carbocycles. The third-order valence-electron chi connectivity index (χ3n) is 2.19. The number of rotatable bonds is 3. The summed E-state index contributed by atoms with van der Waals surface area (Å²) in [6.45, 7) is 0. The van der Waals surface area contributed by atoms with Crippen LogP contribution in [-0.2, 0) is 11.2 Å². The molecular weight excluding hydrogens is 220 g/mol. The van der Waals surface area contributed by atoms with Crippen molar-refractivity contribution in [2.24, 2.45) is 0 Å². The number of nitrogens with one attached hydrogen (secondary N) is 1. The van der Waals surface area contributed by atoms with E-state index in [0.29, 0.717) is 6.42 Å². The Labute approximate surface area is 98.2 Å². The smallest absolute Gasteiger partial charge is 0.225 e. The van der Waals surface area contributed by atoms with E-state index in [2.05, 4.69) is 10.3 Å². The van der Waals surface area contributed by atoms with Crippen molar-refractivity contribution in [1.82, 2.24) is 10.3 Å². The van der Waals surface area contributed by atoms with Crippen molar-refractivity contribution in [1.29, 1.82) is 0 Å². The Balaban J connectivity index is 2.17. The second-order valence-electron chi connectivity index (χ2n) is 3.36. The maximum Gasteiger partial charge on any atom is 0.225 e. The van der Waals surface area contributed by atoms with E-state index in [9.17, 15) is 4.79 Å². The lowest BCUT2D eigenvalue weighted by molar-refractivity contribution is -0.120. The van der Waals surface area contributed by atoms with Gasteiger partial charge in [-0.15, -0.1) is 11.3 Å². The minimum absolute atomic E-state index is 0.00934. The van der Waals surface area contributed by atoms with Gasteiger partial charge in [0.25, 0.3) is 0 Å². The SMILES string of the molecule is CNC(=O)Cc1csc(-c2ccccc2)n1. The first-order chi connectivity index (χ1) is 7.79. The van der Waals surface area contributed by atoms with Gasteiger partial charge in [-0.1, -0.05) is 30.3 Å². The van der Waals surface area contributed by atoms with E-state index in [0.717, 1.165) is 16.3 Å². The Morgan fingerprint density at radius 1 is 1.38 bits per heavy atom. The highest BCUT2D eigenvalue weighted by molar-refractivity contribution is 7.13. The summed E-state index contributed by atoms with van der Waals surface area (Å²) >= 11 is 1.56. The topological polar surface area (TPSA) is 42.0 Å². The zero-order valence-electron chi connectivity index (χ0n) is 8.93. The Morgan fingerprint density at radius 2 is 2.12 bits per heavy atom. The van der Waals surface area contributed by atoms with E-state index in [-0.39, 0.29) is 5.91 Å². The highest BCUT2D eigenvalue weighted by Crippen LogP contribution is 2.23. The van der Waals surface area contributed by atoms with Gasteiger partial charge in [0.15, 0.2) is 0 Å². The molecule has 0 aliphatic rings. The fourth-order valence-electron chi connectivity index (χ4n) is 1.35. The first-order valence-electron chi connectivity index (χ1n) is 5.00. The molecule has 0 atom stereocenters. The molecule has 1 aromatic heterocycles. The maximum atomic E-state index is 11.2. The van der Waals surface area contributed by atoms with Crippen LogP contribution < -0.4 is 5.32 Å². The van der Waals surface area contributed by atoms with E-state index < -0.39 is 0 Å². The molecule has 1 aromatic carbocycles. The number of hydrogen-bond donors (Lipinski definition) is 1. The van der Waals surface area contributed by atoms with Crippen molar-refractivity contribution >= 4 is 17.2 Å². The molecule has 0 spiro atoms. The van der Waals surface area contributed by atoms with Crippen molar-refractivity contribution in [3.63, 3.8) is 0 Å². The number of likely N-dealkylation sites (N-methyl/N-ethyl adjacent to an activating group) is 1. The molecule has 0 saturated heterocycles. The molecule has 2 aromatic rings. The number of carbonyl (C=O) groups excluding carboxylic acids is 1. The minimum Gasteiger partial charge on any atom is -0.359 e. The second kappa shape index (κ2) is 4.90. The molecule has 82 valence electrons. The number of amides is 1. The van der Waals surface area contributed by atoms with Crippen LogP contribution in [0.2, 0.25) is 0 Å². The van der Waals surface area contributed by atoms with Crippen molar-refractivity contribution in [2.45, 2.75) is 6.42 Å². The van der Waals surface area contributed by atoms with Crippen LogP contribution in [0.3, 0.4) is 0 Å². The Hall–Kier alpha value is -1.68. The molecule has 0 unspecified atom stereocenters. The molecule has 0 aliphatic carbocycles. The lowest BCUT2D eigenvalue weighted by Crippen LogP contribution is -2.19. The van der Waals surface area contributed by atoms with Crippen LogP contribution in [0.25, 0.3) is 10.6 Å². The van der Waals surface area contributed by atoms with Crippen LogP contribution in [-0.4, -0.2) is 17.9 Å². The van der Waals surface area contributed by atoms with Crippen molar-refractivity contribution in [2.75, 3.05) is 7.05 Å². The van der Waals surface area contributed by atoms with Gasteiger partial charge in [-0.3, -0.25) is 4.79 Å². The van der Waals surface area contributed by atoms with Gasteiger partial charge >= 0.3 is 0 Å². The van der Waals surface area contributed by atoms with Crippen LogP contribution in [0.4, 0.5) is 0 Å². The Bertz CT molecular complexity index is 479. The predicted octanol–water partition coefficient (Wildman–Crippen LogP) is 2.10. The van der Waals surface area contributed by atoms with Gasteiger partial charge in [-0.05, 0) is 0 Å². The molecular formula is C12H12N2OS. The van der Waals surface area contributed by atoms with E-state index in [1.165, 1.54) is 0 Å². The normalized spacial score (nSPS) is 10.1. The molecule has 1 N–H and O–H groups in total. The Kier molecular flexibility index (Phi) is 3.31.